The fraction of sp³-hybridized carbons (Fsp3) is 0.182. The first-order chi connectivity index (χ1) is 13.9. The lowest BCUT2D eigenvalue weighted by Gasteiger charge is -2.30. The van der Waals surface area contributed by atoms with Crippen LogP contribution in [0.1, 0.15) is 13.3 Å². The van der Waals surface area contributed by atoms with Gasteiger partial charge in [0.2, 0.25) is 0 Å². The molecule has 4 rings (SSSR count). The molecule has 0 saturated heterocycles. The van der Waals surface area contributed by atoms with Gasteiger partial charge in [0, 0.05) is 29.0 Å². The first-order valence-corrected chi connectivity index (χ1v) is 9.81. The fourth-order valence-electron chi connectivity index (χ4n) is 3.71. The lowest BCUT2D eigenvalue weighted by molar-refractivity contribution is 0.645. The van der Waals surface area contributed by atoms with E-state index in [1.807, 2.05) is 47.4 Å². The Bertz CT molecular complexity index is 1030. The number of nitrogen functional groups attached to an aromatic ring is 1. The highest BCUT2D eigenvalue weighted by molar-refractivity contribution is 6.30. The van der Waals surface area contributed by atoms with Crippen molar-refractivity contribution in [1.29, 1.82) is 5.41 Å². The monoisotopic (exact) mass is 406 g/mol. The average Bonchev–Trinajstić information content (AvgIpc) is 2.85. The number of hydrogen-bond acceptors (Lipinski definition) is 5. The Morgan fingerprint density at radius 1 is 1.07 bits per heavy atom. The normalized spacial score (nSPS) is 16.3. The van der Waals surface area contributed by atoms with Gasteiger partial charge in [0.1, 0.15) is 5.82 Å². The molecule has 0 radical (unpaired) electrons. The van der Waals surface area contributed by atoms with E-state index >= 15 is 0 Å². The van der Waals surface area contributed by atoms with Crippen molar-refractivity contribution >= 4 is 40.3 Å². The van der Waals surface area contributed by atoms with Gasteiger partial charge >= 0.3 is 0 Å². The van der Waals surface area contributed by atoms with E-state index < -0.39 is 0 Å². The van der Waals surface area contributed by atoms with Crippen LogP contribution in [-0.4, -0.2) is 23.5 Å². The van der Waals surface area contributed by atoms with E-state index in [4.69, 9.17) is 28.5 Å². The van der Waals surface area contributed by atoms with Crippen LogP contribution in [0.5, 0.6) is 0 Å². The number of hydrogen-bond donors (Lipinski definition) is 3. The number of rotatable bonds is 2. The molecule has 2 heterocycles. The number of anilines is 4. The maximum absolute atomic E-state index is 8.27. The van der Waals surface area contributed by atoms with Gasteiger partial charge in [0.15, 0.2) is 0 Å². The van der Waals surface area contributed by atoms with E-state index in [9.17, 15) is 0 Å². The predicted molar refractivity (Wildman–Crippen MR) is 121 cm³/mol. The second kappa shape index (κ2) is 7.73. The van der Waals surface area contributed by atoms with Crippen molar-refractivity contribution in [2.24, 2.45) is 5.73 Å². The van der Waals surface area contributed by atoms with E-state index in [0.29, 0.717) is 23.1 Å². The summed E-state index contributed by atoms with van der Waals surface area (Å²) in [6.45, 7) is 2.49. The second-order valence-corrected chi connectivity index (χ2v) is 7.55. The van der Waals surface area contributed by atoms with Gasteiger partial charge in [0.05, 0.1) is 23.4 Å². The molecule has 0 spiro atoms. The molecule has 0 amide bonds. The zero-order valence-electron chi connectivity index (χ0n) is 16.1. The van der Waals surface area contributed by atoms with Crippen LogP contribution in [0.15, 0.2) is 60.8 Å². The Balaban J connectivity index is 1.88. The number of nitrogens with one attached hydrogen (secondary N) is 1. The molecule has 5 N–H and O–H groups in total. The number of amidine groups is 1. The summed E-state index contributed by atoms with van der Waals surface area (Å²) in [7, 11) is 0. The minimum Gasteiger partial charge on any atom is -0.384 e. The first kappa shape index (κ1) is 19.2. The van der Waals surface area contributed by atoms with Crippen LogP contribution in [-0.2, 0) is 0 Å². The van der Waals surface area contributed by atoms with Gasteiger partial charge in [-0.25, -0.2) is 4.98 Å². The number of benzene rings is 2. The molecule has 1 aromatic heterocycles. The Morgan fingerprint density at radius 3 is 2.45 bits per heavy atom. The third-order valence-corrected chi connectivity index (χ3v) is 5.38. The van der Waals surface area contributed by atoms with Crippen molar-refractivity contribution in [3.8, 4) is 11.1 Å². The predicted octanol–water partition coefficient (Wildman–Crippen LogP) is 4.61. The molecule has 3 aromatic rings. The molecule has 1 aliphatic rings. The summed E-state index contributed by atoms with van der Waals surface area (Å²) in [6.07, 6.45) is 2.21. The molecule has 0 aliphatic carbocycles. The largest absolute Gasteiger partial charge is 0.384 e. The minimum atomic E-state index is -0.271. The molecular formula is C22H23ClN6. The number of aromatic nitrogens is 1. The smallest absolute Gasteiger partial charge is 0.123 e. The molecule has 0 bridgehead atoms. The van der Waals surface area contributed by atoms with Crippen LogP contribution in [0.3, 0.4) is 0 Å². The molecule has 0 fully saturated rings. The molecular weight excluding hydrogens is 384 g/mol. The fourth-order valence-corrected chi connectivity index (χ4v) is 3.83. The maximum Gasteiger partial charge on any atom is 0.123 e. The van der Waals surface area contributed by atoms with Gasteiger partial charge in [-0.1, -0.05) is 17.7 Å². The van der Waals surface area contributed by atoms with Crippen molar-refractivity contribution in [1.82, 2.24) is 4.98 Å². The summed E-state index contributed by atoms with van der Waals surface area (Å²) < 4.78 is 0. The zero-order valence-corrected chi connectivity index (χ0v) is 16.9. The molecule has 1 atom stereocenters. The Labute approximate surface area is 175 Å². The number of nitrogens with two attached hydrogens (primary N) is 2. The van der Waals surface area contributed by atoms with Crippen molar-refractivity contribution in [3.05, 3.63) is 65.8 Å². The van der Waals surface area contributed by atoms with Crippen LogP contribution in [0.2, 0.25) is 5.02 Å². The van der Waals surface area contributed by atoms with E-state index in [2.05, 4.69) is 16.0 Å². The van der Waals surface area contributed by atoms with Gasteiger partial charge in [-0.3, -0.25) is 5.41 Å². The Morgan fingerprint density at radius 2 is 1.79 bits per heavy atom. The Hall–Kier alpha value is -3.09. The summed E-state index contributed by atoms with van der Waals surface area (Å²) in [5.74, 6) is 0.904. The highest BCUT2D eigenvalue weighted by atomic mass is 35.5. The lowest BCUT2D eigenvalue weighted by atomic mass is 10.0. The van der Waals surface area contributed by atoms with Gasteiger partial charge in [-0.05, 0) is 67.4 Å². The van der Waals surface area contributed by atoms with Gasteiger partial charge < -0.3 is 21.3 Å². The highest BCUT2D eigenvalue weighted by Crippen LogP contribution is 2.41. The van der Waals surface area contributed by atoms with Crippen LogP contribution >= 0.6 is 11.6 Å². The molecule has 7 heteroatoms. The van der Waals surface area contributed by atoms with Crippen LogP contribution in [0.4, 0.5) is 22.9 Å². The summed E-state index contributed by atoms with van der Waals surface area (Å²) in [5.41, 5.74) is 17.1. The van der Waals surface area contributed by atoms with E-state index in [1.54, 1.807) is 19.2 Å². The number of fused-ring (bicyclic) bond motifs is 1. The second-order valence-electron chi connectivity index (χ2n) is 7.11. The van der Waals surface area contributed by atoms with Gasteiger partial charge in [0.25, 0.3) is 0 Å². The highest BCUT2D eigenvalue weighted by Gasteiger charge is 2.28. The number of pyridine rings is 1. The molecule has 1 aliphatic heterocycles. The topological polar surface area (TPSA) is 95.3 Å². The Kier molecular flexibility index (Phi) is 5.13. The summed E-state index contributed by atoms with van der Waals surface area (Å²) in [6, 6.07) is 17.7. The molecule has 29 heavy (non-hydrogen) atoms. The third kappa shape index (κ3) is 3.77. The van der Waals surface area contributed by atoms with Crippen molar-refractivity contribution in [2.75, 3.05) is 22.1 Å². The minimum absolute atomic E-state index is 0.271. The van der Waals surface area contributed by atoms with E-state index in [-0.39, 0.29) is 6.17 Å². The summed E-state index contributed by atoms with van der Waals surface area (Å²) >= 11 is 6.10. The van der Waals surface area contributed by atoms with Crippen LogP contribution in [0, 0.1) is 5.41 Å². The number of halogens is 1. The molecule has 1 unspecified atom stereocenters. The molecule has 2 aromatic carbocycles. The first-order valence-electron chi connectivity index (χ1n) is 9.43. The molecule has 6 nitrogen and oxygen atoms in total. The maximum atomic E-state index is 8.27. The SMILES string of the molecule is CC(=N)N1c2ccc(-c3ccc(N)nc3)cc2N(c2ccc(Cl)cc2)CCC1N. The van der Waals surface area contributed by atoms with Crippen molar-refractivity contribution in [3.63, 3.8) is 0 Å². The van der Waals surface area contributed by atoms with Crippen LogP contribution in [0.25, 0.3) is 11.1 Å². The van der Waals surface area contributed by atoms with Crippen molar-refractivity contribution in [2.45, 2.75) is 19.5 Å². The quantitative estimate of drug-likeness (QED) is 0.426. The molecule has 148 valence electrons. The number of nitrogens with zero attached hydrogens (tertiary/aromatic N) is 3. The van der Waals surface area contributed by atoms with Crippen LogP contribution < -0.4 is 21.3 Å². The van der Waals surface area contributed by atoms with Crippen molar-refractivity contribution < 1.29 is 0 Å². The molecule has 0 saturated carbocycles. The summed E-state index contributed by atoms with van der Waals surface area (Å²) in [4.78, 5) is 8.32. The average molecular weight is 407 g/mol. The zero-order chi connectivity index (χ0) is 20.5. The van der Waals surface area contributed by atoms with Gasteiger partial charge in [-0.15, -0.1) is 0 Å². The van der Waals surface area contributed by atoms with Gasteiger partial charge in [-0.2, -0.15) is 0 Å². The lowest BCUT2D eigenvalue weighted by Crippen LogP contribution is -2.44. The van der Waals surface area contributed by atoms with E-state index in [0.717, 1.165) is 34.7 Å². The van der Waals surface area contributed by atoms with E-state index in [1.165, 1.54) is 0 Å². The third-order valence-electron chi connectivity index (χ3n) is 5.13. The summed E-state index contributed by atoms with van der Waals surface area (Å²) in [5, 5.41) is 8.97. The standard InChI is InChI=1S/C22H23ClN6/c1-14(24)29-19-8-2-15(16-3-9-21(25)27-13-16)12-20(19)28(11-10-22(29)26)18-6-4-17(23)5-7-18/h2-9,12-13,22,24H,10-11,26H2,1H3,(H2,25,27).